The van der Waals surface area contributed by atoms with Crippen LogP contribution in [0.1, 0.15) is 17.2 Å². The lowest BCUT2D eigenvalue weighted by Crippen LogP contribution is -2.23. The maximum atomic E-state index is 12.4. The SMILES string of the molecule is O=[N+]([O-])c1cc(C(F)(F)F)ccc1C(O)C(O)CO. The molecule has 2 atom stereocenters. The zero-order valence-electron chi connectivity index (χ0n) is 9.33. The van der Waals surface area contributed by atoms with Crippen molar-refractivity contribution in [2.24, 2.45) is 0 Å². The summed E-state index contributed by atoms with van der Waals surface area (Å²) in [5.41, 5.74) is -2.72. The van der Waals surface area contributed by atoms with E-state index in [0.717, 1.165) is 0 Å². The summed E-state index contributed by atoms with van der Waals surface area (Å²) in [6, 6.07) is 1.52. The topological polar surface area (TPSA) is 104 Å². The van der Waals surface area contributed by atoms with Crippen molar-refractivity contribution in [3.63, 3.8) is 0 Å². The van der Waals surface area contributed by atoms with E-state index in [2.05, 4.69) is 0 Å². The first-order valence-electron chi connectivity index (χ1n) is 5.01. The summed E-state index contributed by atoms with van der Waals surface area (Å²) in [5.74, 6) is 0. The number of nitro benzene ring substituents is 1. The lowest BCUT2D eigenvalue weighted by molar-refractivity contribution is -0.386. The molecule has 0 aliphatic heterocycles. The molecule has 0 heterocycles. The average Bonchev–Trinajstić information content (AvgIpc) is 2.35. The van der Waals surface area contributed by atoms with Gasteiger partial charge in [-0.2, -0.15) is 13.2 Å². The summed E-state index contributed by atoms with van der Waals surface area (Å²) >= 11 is 0. The Kier molecular flexibility index (Phi) is 4.45. The summed E-state index contributed by atoms with van der Waals surface area (Å²) in [7, 11) is 0. The van der Waals surface area contributed by atoms with E-state index in [1.807, 2.05) is 0 Å². The third-order valence-electron chi connectivity index (χ3n) is 2.42. The predicted octanol–water partition coefficient (Wildman–Crippen LogP) is 1.00. The maximum absolute atomic E-state index is 12.4. The fourth-order valence-electron chi connectivity index (χ4n) is 1.44. The Morgan fingerprint density at radius 3 is 2.32 bits per heavy atom. The molecule has 0 aliphatic carbocycles. The predicted molar refractivity (Wildman–Crippen MR) is 56.2 cm³/mol. The molecular weight excluding hydrogens is 271 g/mol. The summed E-state index contributed by atoms with van der Waals surface area (Å²) in [5, 5.41) is 38.0. The second-order valence-corrected chi connectivity index (χ2v) is 3.72. The Bertz CT molecular complexity index is 477. The molecule has 0 saturated carbocycles. The van der Waals surface area contributed by atoms with Gasteiger partial charge in [0.1, 0.15) is 12.2 Å². The van der Waals surface area contributed by atoms with Gasteiger partial charge in [-0.05, 0) is 12.1 Å². The Morgan fingerprint density at radius 1 is 1.32 bits per heavy atom. The number of nitro groups is 1. The number of aliphatic hydroxyl groups is 3. The molecule has 0 amide bonds. The van der Waals surface area contributed by atoms with E-state index in [0.29, 0.717) is 12.1 Å². The van der Waals surface area contributed by atoms with E-state index in [1.54, 1.807) is 0 Å². The van der Waals surface area contributed by atoms with Gasteiger partial charge >= 0.3 is 6.18 Å². The minimum absolute atomic E-state index is 0.267. The van der Waals surface area contributed by atoms with Crippen LogP contribution < -0.4 is 0 Å². The molecular formula is C10H10F3NO5. The van der Waals surface area contributed by atoms with E-state index in [9.17, 15) is 33.5 Å². The summed E-state index contributed by atoms with van der Waals surface area (Å²) in [6.07, 6.45) is -8.34. The number of hydrogen-bond acceptors (Lipinski definition) is 5. The summed E-state index contributed by atoms with van der Waals surface area (Å²) in [6.45, 7) is -0.890. The zero-order chi connectivity index (χ0) is 14.8. The fourth-order valence-corrected chi connectivity index (χ4v) is 1.44. The van der Waals surface area contributed by atoms with Crippen molar-refractivity contribution in [2.75, 3.05) is 6.61 Å². The molecule has 1 aromatic rings. The standard InChI is InChI=1S/C10H10F3NO5/c11-10(12,13)5-1-2-6(7(3-5)14(18)19)9(17)8(16)4-15/h1-3,8-9,15-17H,4H2. The molecule has 0 saturated heterocycles. The number of halogens is 3. The molecule has 1 aromatic carbocycles. The van der Waals surface area contributed by atoms with Gasteiger partial charge in [0.15, 0.2) is 0 Å². The molecule has 0 radical (unpaired) electrons. The molecule has 0 fully saturated rings. The second-order valence-electron chi connectivity index (χ2n) is 3.72. The molecule has 0 aromatic heterocycles. The van der Waals surface area contributed by atoms with E-state index in [4.69, 9.17) is 5.11 Å². The minimum Gasteiger partial charge on any atom is -0.394 e. The fraction of sp³-hybridized carbons (Fsp3) is 0.400. The lowest BCUT2D eigenvalue weighted by Gasteiger charge is -2.16. The Morgan fingerprint density at radius 2 is 1.89 bits per heavy atom. The van der Waals surface area contributed by atoms with Crippen molar-refractivity contribution in [3.8, 4) is 0 Å². The first kappa shape index (κ1) is 15.3. The number of rotatable bonds is 4. The van der Waals surface area contributed by atoms with Crippen LogP contribution in [-0.4, -0.2) is 33.0 Å². The molecule has 0 aliphatic rings. The number of aliphatic hydroxyl groups excluding tert-OH is 3. The highest BCUT2D eigenvalue weighted by Gasteiger charge is 2.34. The first-order chi connectivity index (χ1) is 8.68. The van der Waals surface area contributed by atoms with Crippen LogP contribution in [0.25, 0.3) is 0 Å². The van der Waals surface area contributed by atoms with Crippen LogP contribution in [0.4, 0.5) is 18.9 Å². The van der Waals surface area contributed by atoms with Crippen LogP contribution in [0.15, 0.2) is 18.2 Å². The van der Waals surface area contributed by atoms with Crippen molar-refractivity contribution in [2.45, 2.75) is 18.4 Å². The van der Waals surface area contributed by atoms with Gasteiger partial charge in [-0.3, -0.25) is 10.1 Å². The summed E-state index contributed by atoms with van der Waals surface area (Å²) < 4.78 is 37.2. The van der Waals surface area contributed by atoms with E-state index < -0.39 is 46.7 Å². The monoisotopic (exact) mass is 281 g/mol. The molecule has 9 heteroatoms. The van der Waals surface area contributed by atoms with Crippen molar-refractivity contribution < 1.29 is 33.4 Å². The minimum atomic E-state index is -4.76. The molecule has 106 valence electrons. The van der Waals surface area contributed by atoms with Crippen LogP contribution in [0.3, 0.4) is 0 Å². The van der Waals surface area contributed by atoms with Crippen molar-refractivity contribution >= 4 is 5.69 Å². The average molecular weight is 281 g/mol. The van der Waals surface area contributed by atoms with E-state index >= 15 is 0 Å². The maximum Gasteiger partial charge on any atom is 0.416 e. The van der Waals surface area contributed by atoms with Gasteiger partial charge in [-0.15, -0.1) is 0 Å². The third-order valence-corrected chi connectivity index (χ3v) is 2.42. The highest BCUT2D eigenvalue weighted by atomic mass is 19.4. The molecule has 1 rings (SSSR count). The van der Waals surface area contributed by atoms with Gasteiger partial charge in [-0.25, -0.2) is 0 Å². The molecule has 6 nitrogen and oxygen atoms in total. The normalized spacial score (nSPS) is 15.1. The van der Waals surface area contributed by atoms with Gasteiger partial charge in [0.25, 0.3) is 5.69 Å². The van der Waals surface area contributed by atoms with Crippen LogP contribution >= 0.6 is 0 Å². The number of alkyl halides is 3. The number of hydrogen-bond donors (Lipinski definition) is 3. The Balaban J connectivity index is 3.31. The molecule has 3 N–H and O–H groups in total. The van der Waals surface area contributed by atoms with Crippen LogP contribution in [0.2, 0.25) is 0 Å². The highest BCUT2D eigenvalue weighted by Crippen LogP contribution is 2.35. The van der Waals surface area contributed by atoms with Crippen molar-refractivity contribution in [3.05, 3.63) is 39.4 Å². The van der Waals surface area contributed by atoms with Gasteiger partial charge < -0.3 is 15.3 Å². The van der Waals surface area contributed by atoms with Crippen LogP contribution in [-0.2, 0) is 6.18 Å². The second kappa shape index (κ2) is 5.51. The Labute approximate surface area is 104 Å². The van der Waals surface area contributed by atoms with E-state index in [-0.39, 0.29) is 6.07 Å². The number of benzene rings is 1. The lowest BCUT2D eigenvalue weighted by atomic mass is 10.0. The third kappa shape index (κ3) is 3.40. The quantitative estimate of drug-likeness (QED) is 0.564. The smallest absolute Gasteiger partial charge is 0.394 e. The van der Waals surface area contributed by atoms with Crippen molar-refractivity contribution in [1.29, 1.82) is 0 Å². The molecule has 0 spiro atoms. The van der Waals surface area contributed by atoms with Gasteiger partial charge in [0, 0.05) is 6.07 Å². The van der Waals surface area contributed by atoms with Crippen molar-refractivity contribution in [1.82, 2.24) is 0 Å². The van der Waals surface area contributed by atoms with Crippen LogP contribution in [0, 0.1) is 10.1 Å². The van der Waals surface area contributed by atoms with Gasteiger partial charge in [-0.1, -0.05) is 0 Å². The Hall–Kier alpha value is -1.71. The number of nitrogens with zero attached hydrogens (tertiary/aromatic N) is 1. The first-order valence-corrected chi connectivity index (χ1v) is 5.01. The molecule has 19 heavy (non-hydrogen) atoms. The molecule has 0 bridgehead atoms. The zero-order valence-corrected chi connectivity index (χ0v) is 9.33. The van der Waals surface area contributed by atoms with Crippen LogP contribution in [0.5, 0.6) is 0 Å². The van der Waals surface area contributed by atoms with E-state index in [1.165, 1.54) is 0 Å². The summed E-state index contributed by atoms with van der Waals surface area (Å²) in [4.78, 5) is 9.60. The molecule has 2 unspecified atom stereocenters. The largest absolute Gasteiger partial charge is 0.416 e. The highest BCUT2D eigenvalue weighted by molar-refractivity contribution is 5.45. The van der Waals surface area contributed by atoms with Gasteiger partial charge in [0.05, 0.1) is 22.7 Å². The van der Waals surface area contributed by atoms with Gasteiger partial charge in [0.2, 0.25) is 0 Å².